The maximum atomic E-state index is 12.7. The molecule has 2 aromatic rings. The minimum absolute atomic E-state index is 0.0482. The summed E-state index contributed by atoms with van der Waals surface area (Å²) < 4.78 is 26.6. The number of benzene rings is 2. The Kier molecular flexibility index (Phi) is 8.07. The van der Waals surface area contributed by atoms with Crippen LogP contribution in [0.1, 0.15) is 30.6 Å². The third-order valence-electron chi connectivity index (χ3n) is 4.74. The Bertz CT molecular complexity index is 933. The number of anilines is 1. The van der Waals surface area contributed by atoms with Crippen molar-refractivity contribution in [3.8, 4) is 0 Å². The minimum Gasteiger partial charge on any atom is -0.375 e. The fourth-order valence-corrected chi connectivity index (χ4v) is 4.31. The maximum Gasteiger partial charge on any atom is 0.252 e. The number of nitrogens with zero attached hydrogens (tertiary/aromatic N) is 2. The standard InChI is InChI=1S/C21H28ClN3O3S/c1-16(2)25(4)29(27,28)18-11-12-20(22)19(15-18)21(26)23-13-8-14-24(3)17-9-6-5-7-10-17/h5-7,9-12,15-16H,8,13-14H2,1-4H3,(H,23,26). The van der Waals surface area contributed by atoms with Crippen LogP contribution in [0.2, 0.25) is 5.02 Å². The van der Waals surface area contributed by atoms with E-state index in [1.165, 1.54) is 29.6 Å². The molecule has 0 aromatic heterocycles. The van der Waals surface area contributed by atoms with E-state index in [9.17, 15) is 13.2 Å². The van der Waals surface area contributed by atoms with Gasteiger partial charge in [-0.15, -0.1) is 0 Å². The van der Waals surface area contributed by atoms with Crippen LogP contribution in [0.25, 0.3) is 0 Å². The summed E-state index contributed by atoms with van der Waals surface area (Å²) in [5.74, 6) is -0.387. The zero-order valence-corrected chi connectivity index (χ0v) is 18.8. The van der Waals surface area contributed by atoms with Crippen LogP contribution in [0.15, 0.2) is 53.4 Å². The Morgan fingerprint density at radius 3 is 2.38 bits per heavy atom. The van der Waals surface area contributed by atoms with Crippen LogP contribution in [-0.4, -0.2) is 51.9 Å². The molecule has 1 amide bonds. The molecule has 2 aromatic carbocycles. The zero-order chi connectivity index (χ0) is 21.6. The van der Waals surface area contributed by atoms with Gasteiger partial charge in [-0.1, -0.05) is 29.8 Å². The van der Waals surface area contributed by atoms with Gasteiger partial charge in [0.15, 0.2) is 0 Å². The van der Waals surface area contributed by atoms with Gasteiger partial charge in [-0.3, -0.25) is 4.79 Å². The number of rotatable bonds is 9. The number of carbonyl (C=O) groups excluding carboxylic acids is 1. The molecule has 8 heteroatoms. The Morgan fingerprint density at radius 2 is 1.76 bits per heavy atom. The van der Waals surface area contributed by atoms with Gasteiger partial charge in [0, 0.05) is 38.9 Å². The van der Waals surface area contributed by atoms with E-state index in [0.29, 0.717) is 6.54 Å². The molecule has 0 fully saturated rings. The molecule has 0 saturated heterocycles. The number of para-hydroxylation sites is 1. The normalized spacial score (nSPS) is 11.7. The molecule has 0 spiro atoms. The number of hydrogen-bond donors (Lipinski definition) is 1. The average molecular weight is 438 g/mol. The molecule has 0 aliphatic rings. The van der Waals surface area contributed by atoms with Crippen molar-refractivity contribution in [3.63, 3.8) is 0 Å². The molecule has 0 aliphatic carbocycles. The van der Waals surface area contributed by atoms with Gasteiger partial charge < -0.3 is 10.2 Å². The summed E-state index contributed by atoms with van der Waals surface area (Å²) in [6.45, 7) is 4.79. The highest BCUT2D eigenvalue weighted by Gasteiger charge is 2.25. The largest absolute Gasteiger partial charge is 0.375 e. The van der Waals surface area contributed by atoms with E-state index in [0.717, 1.165) is 18.7 Å². The van der Waals surface area contributed by atoms with Crippen molar-refractivity contribution >= 4 is 33.2 Å². The topological polar surface area (TPSA) is 69.7 Å². The number of carbonyl (C=O) groups is 1. The third kappa shape index (κ3) is 5.95. The summed E-state index contributed by atoms with van der Waals surface area (Å²) in [6.07, 6.45) is 0.739. The van der Waals surface area contributed by atoms with Crippen LogP contribution in [0.4, 0.5) is 5.69 Å². The molecule has 0 heterocycles. The Hall–Kier alpha value is -2.09. The molecule has 29 heavy (non-hydrogen) atoms. The Balaban J connectivity index is 2.00. The predicted octanol–water partition coefficient (Wildman–Crippen LogP) is 3.63. The smallest absolute Gasteiger partial charge is 0.252 e. The van der Waals surface area contributed by atoms with Crippen LogP contribution >= 0.6 is 11.6 Å². The Labute approximate surface area is 178 Å². The van der Waals surface area contributed by atoms with E-state index in [2.05, 4.69) is 10.2 Å². The quantitative estimate of drug-likeness (QED) is 0.608. The van der Waals surface area contributed by atoms with Gasteiger partial charge >= 0.3 is 0 Å². The number of amides is 1. The lowest BCUT2D eigenvalue weighted by atomic mass is 10.2. The first-order valence-corrected chi connectivity index (χ1v) is 11.3. The monoisotopic (exact) mass is 437 g/mol. The summed E-state index contributed by atoms with van der Waals surface area (Å²) >= 11 is 6.15. The number of hydrogen-bond acceptors (Lipinski definition) is 4. The lowest BCUT2D eigenvalue weighted by Crippen LogP contribution is -2.33. The number of halogens is 1. The lowest BCUT2D eigenvalue weighted by molar-refractivity contribution is 0.0953. The van der Waals surface area contributed by atoms with Crippen LogP contribution in [0.5, 0.6) is 0 Å². The van der Waals surface area contributed by atoms with Crippen molar-refractivity contribution in [3.05, 3.63) is 59.1 Å². The van der Waals surface area contributed by atoms with Crippen molar-refractivity contribution in [2.45, 2.75) is 31.2 Å². The number of nitrogens with one attached hydrogen (secondary N) is 1. The van der Waals surface area contributed by atoms with Crippen LogP contribution < -0.4 is 10.2 Å². The van der Waals surface area contributed by atoms with Gasteiger partial charge in [-0.2, -0.15) is 4.31 Å². The van der Waals surface area contributed by atoms with E-state index < -0.39 is 10.0 Å². The summed E-state index contributed by atoms with van der Waals surface area (Å²) in [4.78, 5) is 14.7. The molecule has 6 nitrogen and oxygen atoms in total. The minimum atomic E-state index is -3.69. The molecule has 0 atom stereocenters. The molecule has 0 bridgehead atoms. The van der Waals surface area contributed by atoms with Crippen molar-refractivity contribution in [2.75, 3.05) is 32.1 Å². The fraction of sp³-hybridized carbons (Fsp3) is 0.381. The van der Waals surface area contributed by atoms with Gasteiger partial charge in [0.2, 0.25) is 10.0 Å². The first-order valence-electron chi connectivity index (χ1n) is 9.46. The molecule has 158 valence electrons. The van der Waals surface area contributed by atoms with Gasteiger partial charge in [0.1, 0.15) is 0 Å². The Morgan fingerprint density at radius 1 is 1.10 bits per heavy atom. The SMILES string of the molecule is CC(C)N(C)S(=O)(=O)c1ccc(Cl)c(C(=O)NCCCN(C)c2ccccc2)c1. The predicted molar refractivity (Wildman–Crippen MR) is 118 cm³/mol. The second-order valence-corrected chi connectivity index (χ2v) is 9.53. The highest BCUT2D eigenvalue weighted by Crippen LogP contribution is 2.23. The average Bonchev–Trinajstić information content (AvgIpc) is 2.70. The van der Waals surface area contributed by atoms with Crippen LogP contribution in [0, 0.1) is 0 Å². The lowest BCUT2D eigenvalue weighted by Gasteiger charge is -2.21. The van der Waals surface area contributed by atoms with Crippen LogP contribution in [0.3, 0.4) is 0 Å². The van der Waals surface area contributed by atoms with E-state index in [-0.39, 0.29) is 27.4 Å². The second kappa shape index (κ2) is 10.1. The highest BCUT2D eigenvalue weighted by atomic mass is 35.5. The van der Waals surface area contributed by atoms with Crippen LogP contribution in [-0.2, 0) is 10.0 Å². The highest BCUT2D eigenvalue weighted by molar-refractivity contribution is 7.89. The molecule has 1 N–H and O–H groups in total. The van der Waals surface area contributed by atoms with Gasteiger partial charge in [-0.25, -0.2) is 8.42 Å². The number of sulfonamides is 1. The molecule has 2 rings (SSSR count). The van der Waals surface area contributed by atoms with Crippen molar-refractivity contribution in [2.24, 2.45) is 0 Å². The van der Waals surface area contributed by atoms with Crippen molar-refractivity contribution < 1.29 is 13.2 Å². The summed E-state index contributed by atoms with van der Waals surface area (Å²) in [7, 11) is -0.185. The summed E-state index contributed by atoms with van der Waals surface area (Å²) in [5.41, 5.74) is 1.26. The summed E-state index contributed by atoms with van der Waals surface area (Å²) in [6, 6.07) is 14.0. The zero-order valence-electron chi connectivity index (χ0n) is 17.2. The maximum absolute atomic E-state index is 12.7. The van der Waals surface area contributed by atoms with Crippen molar-refractivity contribution in [1.29, 1.82) is 0 Å². The molecule has 0 radical (unpaired) electrons. The van der Waals surface area contributed by atoms with E-state index in [1.54, 1.807) is 13.8 Å². The van der Waals surface area contributed by atoms with E-state index in [1.807, 2.05) is 37.4 Å². The summed E-state index contributed by atoms with van der Waals surface area (Å²) in [5, 5.41) is 3.04. The first-order chi connectivity index (χ1) is 13.6. The molecular weight excluding hydrogens is 410 g/mol. The van der Waals surface area contributed by atoms with E-state index >= 15 is 0 Å². The molecule has 0 saturated carbocycles. The van der Waals surface area contributed by atoms with Gasteiger partial charge in [-0.05, 0) is 50.6 Å². The second-order valence-electron chi connectivity index (χ2n) is 7.12. The fourth-order valence-electron chi connectivity index (χ4n) is 2.71. The molecule has 0 aliphatic heterocycles. The third-order valence-corrected chi connectivity index (χ3v) is 7.10. The first kappa shape index (κ1) is 23.2. The molecular formula is C21H28ClN3O3S. The van der Waals surface area contributed by atoms with Gasteiger partial charge in [0.05, 0.1) is 15.5 Å². The van der Waals surface area contributed by atoms with Crippen molar-refractivity contribution in [1.82, 2.24) is 9.62 Å². The van der Waals surface area contributed by atoms with E-state index in [4.69, 9.17) is 11.6 Å². The van der Waals surface area contributed by atoms with Gasteiger partial charge in [0.25, 0.3) is 5.91 Å². The molecule has 0 unspecified atom stereocenters.